The summed E-state index contributed by atoms with van der Waals surface area (Å²) >= 11 is 0. The Hall–Kier alpha value is -1.55. The summed E-state index contributed by atoms with van der Waals surface area (Å²) in [6.07, 6.45) is 5.43. The monoisotopic (exact) mass is 408 g/mol. The Morgan fingerprint density at radius 2 is 1.39 bits per heavy atom. The summed E-state index contributed by atoms with van der Waals surface area (Å²) < 4.78 is 36.4. The van der Waals surface area contributed by atoms with E-state index in [9.17, 15) is 4.57 Å². The molecule has 5 nitrogen and oxygen atoms in total. The van der Waals surface area contributed by atoms with Crippen LogP contribution in [0.15, 0.2) is 36.4 Å². The Morgan fingerprint density at radius 1 is 0.786 bits per heavy atom. The van der Waals surface area contributed by atoms with Crippen molar-refractivity contribution in [3.05, 3.63) is 36.4 Å². The van der Waals surface area contributed by atoms with Crippen molar-refractivity contribution in [1.29, 1.82) is 0 Å². The molecule has 0 atom stereocenters. The fraction of sp³-hybridized carbons (Fsp3) is 0.545. The van der Waals surface area contributed by atoms with Gasteiger partial charge in [0.25, 0.3) is 0 Å². The van der Waals surface area contributed by atoms with Gasteiger partial charge >= 0.3 is 7.82 Å². The third-order valence-electron chi connectivity index (χ3n) is 4.30. The maximum Gasteiger partial charge on any atom is 0.530 e. The summed E-state index contributed by atoms with van der Waals surface area (Å²) in [5.74, 6) is 0.982. The first-order valence-electron chi connectivity index (χ1n) is 10.4. The third-order valence-corrected chi connectivity index (χ3v) is 5.70. The molecule has 0 N–H and O–H groups in total. The van der Waals surface area contributed by atoms with Crippen LogP contribution in [0.4, 0.5) is 0 Å². The number of fused-ring (bicyclic) bond motifs is 1. The Kier molecular flexibility index (Phi) is 9.83. The van der Waals surface area contributed by atoms with E-state index in [1.165, 1.54) is 0 Å². The van der Waals surface area contributed by atoms with Crippen molar-refractivity contribution in [3.8, 4) is 11.5 Å². The summed E-state index contributed by atoms with van der Waals surface area (Å²) in [4.78, 5) is 0. The van der Waals surface area contributed by atoms with E-state index in [0.29, 0.717) is 31.3 Å². The molecule has 28 heavy (non-hydrogen) atoms. The van der Waals surface area contributed by atoms with Gasteiger partial charge in [-0.2, -0.15) is 0 Å². The van der Waals surface area contributed by atoms with Crippen LogP contribution in [-0.4, -0.2) is 19.8 Å². The molecule has 0 radical (unpaired) electrons. The molecule has 2 aromatic carbocycles. The molecule has 0 unspecified atom stereocenters. The van der Waals surface area contributed by atoms with Gasteiger partial charge in [-0.3, -0.25) is 9.05 Å². The molecular formula is C22H33O5P. The molecule has 156 valence electrons. The van der Waals surface area contributed by atoms with Crippen molar-refractivity contribution in [2.45, 2.75) is 59.3 Å². The summed E-state index contributed by atoms with van der Waals surface area (Å²) in [5.41, 5.74) is 0. The molecular weight excluding hydrogens is 375 g/mol. The molecule has 2 aromatic rings. The van der Waals surface area contributed by atoms with E-state index in [0.717, 1.165) is 49.3 Å². The Balaban J connectivity index is 2.33. The molecule has 0 amide bonds. The number of phosphoric acid groups is 1. The zero-order chi connectivity index (χ0) is 20.2. The fourth-order valence-corrected chi connectivity index (χ4v) is 3.90. The number of hydrogen-bond acceptors (Lipinski definition) is 5. The van der Waals surface area contributed by atoms with Crippen LogP contribution in [0, 0.1) is 0 Å². The standard InChI is InChI=1S/C22H33O5P/c1-4-7-16-24-21-15-14-19-12-10-11-13-20(19)22(21)27-28(23,25-17-8-5-2)26-18-9-6-3/h10-15H,4-9,16-18H2,1-3H3. The highest BCUT2D eigenvalue weighted by atomic mass is 31.2. The largest absolute Gasteiger partial charge is 0.530 e. The second-order valence-corrected chi connectivity index (χ2v) is 8.32. The van der Waals surface area contributed by atoms with Crippen LogP contribution in [0.5, 0.6) is 11.5 Å². The average Bonchev–Trinajstić information content (AvgIpc) is 2.70. The molecule has 0 heterocycles. The van der Waals surface area contributed by atoms with Crippen LogP contribution < -0.4 is 9.26 Å². The van der Waals surface area contributed by atoms with Gasteiger partial charge in [0.2, 0.25) is 0 Å². The smallest absolute Gasteiger partial charge is 0.490 e. The minimum Gasteiger partial charge on any atom is -0.490 e. The van der Waals surface area contributed by atoms with Crippen LogP contribution in [-0.2, 0) is 13.6 Å². The first kappa shape index (κ1) is 22.7. The van der Waals surface area contributed by atoms with Crippen molar-refractivity contribution in [2.24, 2.45) is 0 Å². The van der Waals surface area contributed by atoms with Gasteiger partial charge in [0.05, 0.1) is 19.8 Å². The van der Waals surface area contributed by atoms with Gasteiger partial charge in [-0.1, -0.05) is 70.4 Å². The van der Waals surface area contributed by atoms with Gasteiger partial charge in [0.15, 0.2) is 11.5 Å². The lowest BCUT2D eigenvalue weighted by atomic mass is 10.1. The number of ether oxygens (including phenoxy) is 1. The van der Waals surface area contributed by atoms with Crippen molar-refractivity contribution in [3.63, 3.8) is 0 Å². The Bertz CT molecular complexity index is 748. The highest BCUT2D eigenvalue weighted by Crippen LogP contribution is 2.53. The highest BCUT2D eigenvalue weighted by molar-refractivity contribution is 7.49. The van der Waals surface area contributed by atoms with Crippen molar-refractivity contribution in [1.82, 2.24) is 0 Å². The van der Waals surface area contributed by atoms with Crippen LogP contribution >= 0.6 is 7.82 Å². The molecule has 2 rings (SSSR count). The first-order valence-corrected chi connectivity index (χ1v) is 11.8. The summed E-state index contributed by atoms with van der Waals surface area (Å²) in [6.45, 7) is 7.45. The third kappa shape index (κ3) is 6.80. The van der Waals surface area contributed by atoms with Crippen LogP contribution in [0.3, 0.4) is 0 Å². The van der Waals surface area contributed by atoms with Crippen LogP contribution in [0.1, 0.15) is 59.3 Å². The molecule has 0 fully saturated rings. The Labute approximate surface area is 168 Å². The summed E-state index contributed by atoms with van der Waals surface area (Å²) in [7, 11) is -3.75. The van der Waals surface area contributed by atoms with Crippen LogP contribution in [0.2, 0.25) is 0 Å². The molecule has 0 aliphatic heterocycles. The molecule has 0 saturated heterocycles. The van der Waals surface area contributed by atoms with Gasteiger partial charge in [-0.15, -0.1) is 0 Å². The average molecular weight is 408 g/mol. The lowest BCUT2D eigenvalue weighted by Crippen LogP contribution is -2.07. The maximum atomic E-state index is 13.3. The van der Waals surface area contributed by atoms with E-state index < -0.39 is 7.82 Å². The predicted octanol–water partition coefficient (Wildman–Crippen LogP) is 7.14. The zero-order valence-electron chi connectivity index (χ0n) is 17.3. The summed E-state index contributed by atoms with van der Waals surface area (Å²) in [5, 5.41) is 1.81. The number of rotatable bonds is 14. The molecule has 0 spiro atoms. The van der Waals surface area contributed by atoms with Crippen LogP contribution in [0.25, 0.3) is 10.8 Å². The van der Waals surface area contributed by atoms with E-state index >= 15 is 0 Å². The molecule has 0 saturated carbocycles. The van der Waals surface area contributed by atoms with E-state index in [2.05, 4.69) is 20.8 Å². The normalized spacial score (nSPS) is 11.7. The SMILES string of the molecule is CCCCOc1ccc2ccccc2c1OP(=O)(OCCCC)OCCCC. The molecule has 0 bridgehead atoms. The van der Waals surface area contributed by atoms with E-state index in [-0.39, 0.29) is 0 Å². The number of unbranched alkanes of at least 4 members (excludes halogenated alkanes) is 3. The lowest BCUT2D eigenvalue weighted by molar-refractivity contribution is 0.150. The number of phosphoric ester groups is 1. The van der Waals surface area contributed by atoms with Gasteiger partial charge in [-0.05, 0) is 30.7 Å². The van der Waals surface area contributed by atoms with Gasteiger partial charge in [-0.25, -0.2) is 4.57 Å². The van der Waals surface area contributed by atoms with E-state index in [1.807, 2.05) is 36.4 Å². The molecule has 0 aliphatic rings. The summed E-state index contributed by atoms with van der Waals surface area (Å²) in [6, 6.07) is 11.6. The lowest BCUT2D eigenvalue weighted by Gasteiger charge is -2.21. The van der Waals surface area contributed by atoms with Crippen molar-refractivity contribution < 1.29 is 22.9 Å². The quantitative estimate of drug-likeness (QED) is 0.246. The zero-order valence-corrected chi connectivity index (χ0v) is 18.2. The number of hydrogen-bond donors (Lipinski definition) is 0. The molecule has 0 aromatic heterocycles. The van der Waals surface area contributed by atoms with Gasteiger partial charge in [0.1, 0.15) is 0 Å². The molecule has 0 aliphatic carbocycles. The van der Waals surface area contributed by atoms with Crippen molar-refractivity contribution in [2.75, 3.05) is 19.8 Å². The second-order valence-electron chi connectivity index (χ2n) is 6.73. The number of benzene rings is 2. The Morgan fingerprint density at radius 3 is 2.04 bits per heavy atom. The van der Waals surface area contributed by atoms with Gasteiger partial charge < -0.3 is 9.26 Å². The molecule has 6 heteroatoms. The van der Waals surface area contributed by atoms with E-state index in [4.69, 9.17) is 18.3 Å². The topological polar surface area (TPSA) is 54.0 Å². The fourth-order valence-electron chi connectivity index (χ4n) is 2.60. The highest BCUT2D eigenvalue weighted by Gasteiger charge is 2.30. The second kappa shape index (κ2) is 12.1. The van der Waals surface area contributed by atoms with E-state index in [1.54, 1.807) is 0 Å². The van der Waals surface area contributed by atoms with Crippen molar-refractivity contribution >= 4 is 18.6 Å². The minimum atomic E-state index is -3.75. The minimum absolute atomic E-state index is 0.330. The van der Waals surface area contributed by atoms with Gasteiger partial charge in [0, 0.05) is 5.39 Å². The predicted molar refractivity (Wildman–Crippen MR) is 114 cm³/mol. The maximum absolute atomic E-state index is 13.3. The first-order chi connectivity index (χ1) is 13.6.